The molecule has 35 heavy (non-hydrogen) atoms. The minimum atomic E-state index is -0.378. The number of thioether (sulfide) groups is 1. The number of anilines is 2. The molecule has 0 bridgehead atoms. The van der Waals surface area contributed by atoms with Crippen molar-refractivity contribution in [1.82, 2.24) is 0 Å². The van der Waals surface area contributed by atoms with Gasteiger partial charge in [-0.15, -0.1) is 0 Å². The number of hydrogen-bond donors (Lipinski definition) is 1. The Labute approximate surface area is 230 Å². The van der Waals surface area contributed by atoms with Crippen LogP contribution in [0.3, 0.4) is 0 Å². The normalized spacial score (nSPS) is 14.5. The first-order valence-electron chi connectivity index (χ1n) is 9.91. The third-order valence-electron chi connectivity index (χ3n) is 4.63. The van der Waals surface area contributed by atoms with E-state index in [1.807, 2.05) is 6.07 Å². The number of carbonyl (C=O) groups excluding carboxylic acids is 2. The van der Waals surface area contributed by atoms with Crippen molar-refractivity contribution >= 4 is 104 Å². The summed E-state index contributed by atoms with van der Waals surface area (Å²) in [6.45, 7) is -0.229. The van der Waals surface area contributed by atoms with E-state index in [1.54, 1.807) is 60.7 Å². The lowest BCUT2D eigenvalue weighted by molar-refractivity contribution is -0.118. The number of amides is 2. The number of nitrogens with one attached hydrogen (secondary N) is 1. The number of ether oxygens (including phenoxy) is 1. The molecule has 0 saturated carbocycles. The van der Waals surface area contributed by atoms with Crippen molar-refractivity contribution in [2.45, 2.75) is 0 Å². The Balaban J connectivity index is 1.43. The molecule has 0 aliphatic carbocycles. The summed E-state index contributed by atoms with van der Waals surface area (Å²) in [6, 6.07) is 16.6. The zero-order valence-electron chi connectivity index (χ0n) is 17.6. The maximum Gasteiger partial charge on any atom is 0.270 e. The molecular weight excluding hydrogens is 570 g/mol. The molecule has 1 aliphatic heterocycles. The standard InChI is InChI=1S/C24H14Cl4N2O3S2/c25-14-8-15(26)10-16(9-14)29-22(31)12-33-18-3-1-2-13(6-18)7-21-23(32)30(24(34)35-21)17-4-5-19(27)20(28)11-17/h1-11H,12H2,(H,29,31)/b21-7-. The van der Waals surface area contributed by atoms with Gasteiger partial charge in [0.25, 0.3) is 11.8 Å². The van der Waals surface area contributed by atoms with E-state index < -0.39 is 0 Å². The lowest BCUT2D eigenvalue weighted by atomic mass is 10.2. The average molecular weight is 584 g/mol. The lowest BCUT2D eigenvalue weighted by Gasteiger charge is -2.15. The fourth-order valence-corrected chi connectivity index (χ4v) is 5.25. The second-order valence-corrected chi connectivity index (χ2v) is 10.5. The summed E-state index contributed by atoms with van der Waals surface area (Å²) in [5.41, 5.74) is 1.71. The first-order valence-corrected chi connectivity index (χ1v) is 12.6. The van der Waals surface area contributed by atoms with E-state index in [2.05, 4.69) is 5.32 Å². The maximum atomic E-state index is 13.0. The predicted octanol–water partition coefficient (Wildman–Crippen LogP) is 7.72. The van der Waals surface area contributed by atoms with Gasteiger partial charge in [0, 0.05) is 15.7 Å². The molecule has 178 valence electrons. The van der Waals surface area contributed by atoms with Crippen LogP contribution in [-0.2, 0) is 9.59 Å². The zero-order valence-corrected chi connectivity index (χ0v) is 22.2. The van der Waals surface area contributed by atoms with Crippen molar-refractivity contribution < 1.29 is 14.3 Å². The van der Waals surface area contributed by atoms with Crippen molar-refractivity contribution in [3.63, 3.8) is 0 Å². The van der Waals surface area contributed by atoms with Crippen LogP contribution in [0.25, 0.3) is 6.08 Å². The third kappa shape index (κ3) is 6.50. The van der Waals surface area contributed by atoms with Crippen LogP contribution in [0, 0.1) is 0 Å². The first kappa shape index (κ1) is 25.8. The van der Waals surface area contributed by atoms with Crippen LogP contribution >= 0.6 is 70.4 Å². The maximum absolute atomic E-state index is 13.0. The second-order valence-electron chi connectivity index (χ2n) is 7.18. The van der Waals surface area contributed by atoms with Gasteiger partial charge >= 0.3 is 0 Å². The summed E-state index contributed by atoms with van der Waals surface area (Å²) in [7, 11) is 0. The molecule has 5 nitrogen and oxygen atoms in total. The molecule has 0 aromatic heterocycles. The molecule has 2 amide bonds. The molecule has 1 fully saturated rings. The molecule has 0 atom stereocenters. The summed E-state index contributed by atoms with van der Waals surface area (Å²) < 4.78 is 5.99. The van der Waals surface area contributed by atoms with Crippen LogP contribution in [0.15, 0.2) is 65.6 Å². The van der Waals surface area contributed by atoms with Crippen molar-refractivity contribution in [2.75, 3.05) is 16.8 Å². The summed E-state index contributed by atoms with van der Waals surface area (Å²) in [5, 5.41) is 4.21. The number of rotatable bonds is 6. The zero-order chi connectivity index (χ0) is 25.1. The second kappa shape index (κ2) is 11.2. The smallest absolute Gasteiger partial charge is 0.270 e. The molecule has 0 unspecified atom stereocenters. The summed E-state index contributed by atoms with van der Waals surface area (Å²) in [5.74, 6) is -0.196. The molecule has 3 aromatic carbocycles. The van der Waals surface area contributed by atoms with Gasteiger partial charge in [-0.05, 0) is 60.2 Å². The number of halogens is 4. The van der Waals surface area contributed by atoms with Gasteiger partial charge in [0.15, 0.2) is 10.9 Å². The molecule has 1 N–H and O–H groups in total. The highest BCUT2D eigenvalue weighted by molar-refractivity contribution is 8.27. The number of thiocarbonyl (C=S) groups is 1. The number of nitrogens with zero attached hydrogens (tertiary/aromatic N) is 1. The Morgan fingerprint density at radius 3 is 2.46 bits per heavy atom. The Morgan fingerprint density at radius 1 is 1.00 bits per heavy atom. The van der Waals surface area contributed by atoms with Crippen LogP contribution < -0.4 is 15.0 Å². The van der Waals surface area contributed by atoms with Gasteiger partial charge in [-0.2, -0.15) is 0 Å². The predicted molar refractivity (Wildman–Crippen MR) is 149 cm³/mol. The van der Waals surface area contributed by atoms with E-state index in [0.29, 0.717) is 52.0 Å². The molecule has 4 rings (SSSR count). The van der Waals surface area contributed by atoms with Gasteiger partial charge in [0.1, 0.15) is 5.75 Å². The Hall–Kier alpha value is -2.26. The quantitative estimate of drug-likeness (QED) is 0.238. The molecule has 0 spiro atoms. The van der Waals surface area contributed by atoms with Crippen molar-refractivity contribution in [2.24, 2.45) is 0 Å². The summed E-state index contributed by atoms with van der Waals surface area (Å²) in [6.07, 6.45) is 1.71. The summed E-state index contributed by atoms with van der Waals surface area (Å²) >= 11 is 30.5. The van der Waals surface area contributed by atoms with Crippen LogP contribution in [0.1, 0.15) is 5.56 Å². The monoisotopic (exact) mass is 582 g/mol. The molecule has 1 heterocycles. The van der Waals surface area contributed by atoms with Gasteiger partial charge in [-0.1, -0.05) is 82.5 Å². The van der Waals surface area contributed by atoms with E-state index in [0.717, 1.165) is 0 Å². The van der Waals surface area contributed by atoms with E-state index in [-0.39, 0.29) is 18.4 Å². The fourth-order valence-electron chi connectivity index (χ4n) is 3.13. The van der Waals surface area contributed by atoms with Gasteiger partial charge in [0.2, 0.25) is 0 Å². The topological polar surface area (TPSA) is 58.6 Å². The molecule has 0 radical (unpaired) electrons. The highest BCUT2D eigenvalue weighted by Gasteiger charge is 2.33. The summed E-state index contributed by atoms with van der Waals surface area (Å²) in [4.78, 5) is 27.1. The number of hydrogen-bond acceptors (Lipinski definition) is 5. The molecule has 1 aliphatic rings. The molecular formula is C24H14Cl4N2O3S2. The van der Waals surface area contributed by atoms with Gasteiger partial charge in [-0.3, -0.25) is 14.5 Å². The molecule has 11 heteroatoms. The van der Waals surface area contributed by atoms with Crippen molar-refractivity contribution in [1.29, 1.82) is 0 Å². The van der Waals surface area contributed by atoms with Gasteiger partial charge in [0.05, 0.1) is 20.6 Å². The van der Waals surface area contributed by atoms with E-state index in [9.17, 15) is 9.59 Å². The van der Waals surface area contributed by atoms with Crippen LogP contribution in [0.5, 0.6) is 5.75 Å². The SMILES string of the molecule is O=C(COc1cccc(/C=C2\SC(=S)N(c3ccc(Cl)c(Cl)c3)C2=O)c1)Nc1cc(Cl)cc(Cl)c1. The van der Waals surface area contributed by atoms with E-state index in [4.69, 9.17) is 63.4 Å². The van der Waals surface area contributed by atoms with Crippen molar-refractivity contribution in [3.8, 4) is 5.75 Å². The van der Waals surface area contributed by atoms with Gasteiger partial charge < -0.3 is 10.1 Å². The minimum Gasteiger partial charge on any atom is -0.484 e. The van der Waals surface area contributed by atoms with Crippen LogP contribution in [-0.4, -0.2) is 22.7 Å². The Morgan fingerprint density at radius 2 is 1.74 bits per heavy atom. The highest BCUT2D eigenvalue weighted by atomic mass is 35.5. The number of benzene rings is 3. The largest absolute Gasteiger partial charge is 0.484 e. The third-order valence-corrected chi connectivity index (χ3v) is 7.10. The van der Waals surface area contributed by atoms with Crippen molar-refractivity contribution in [3.05, 3.63) is 91.2 Å². The average Bonchev–Trinajstić information content (AvgIpc) is 3.06. The van der Waals surface area contributed by atoms with E-state index in [1.165, 1.54) is 16.7 Å². The minimum absolute atomic E-state index is 0.229. The van der Waals surface area contributed by atoms with Crippen LogP contribution in [0.4, 0.5) is 11.4 Å². The molecule has 1 saturated heterocycles. The fraction of sp³-hybridized carbons (Fsp3) is 0.0417. The van der Waals surface area contributed by atoms with Crippen LogP contribution in [0.2, 0.25) is 20.1 Å². The van der Waals surface area contributed by atoms with E-state index >= 15 is 0 Å². The Bertz CT molecular complexity index is 1360. The lowest BCUT2D eigenvalue weighted by Crippen LogP contribution is -2.27. The molecule has 3 aromatic rings. The Kier molecular flexibility index (Phi) is 8.27. The highest BCUT2D eigenvalue weighted by Crippen LogP contribution is 2.38. The first-order chi connectivity index (χ1) is 16.7. The van der Waals surface area contributed by atoms with Gasteiger partial charge in [-0.25, -0.2) is 0 Å². The number of carbonyl (C=O) groups is 2.